The van der Waals surface area contributed by atoms with Gasteiger partial charge >= 0.3 is 0 Å². The summed E-state index contributed by atoms with van der Waals surface area (Å²) >= 11 is 5.91. The second kappa shape index (κ2) is 5.69. The van der Waals surface area contributed by atoms with Gasteiger partial charge < -0.3 is 10.4 Å². The molecule has 2 aromatic carbocycles. The highest BCUT2D eigenvalue weighted by Crippen LogP contribution is 2.29. The second-order valence-electron chi connectivity index (χ2n) is 4.97. The van der Waals surface area contributed by atoms with E-state index in [2.05, 4.69) is 5.32 Å². The summed E-state index contributed by atoms with van der Waals surface area (Å²) in [5.41, 5.74) is 0.866. The average molecular weight is 317 g/mol. The Morgan fingerprint density at radius 1 is 1.14 bits per heavy atom. The van der Waals surface area contributed by atoms with Crippen molar-refractivity contribution in [3.63, 3.8) is 0 Å². The molecular formula is C16H13ClN2O3. The van der Waals surface area contributed by atoms with Gasteiger partial charge in [-0.3, -0.25) is 9.59 Å². The van der Waals surface area contributed by atoms with Crippen molar-refractivity contribution in [2.75, 3.05) is 10.2 Å². The molecule has 5 nitrogen and oxygen atoms in total. The molecule has 22 heavy (non-hydrogen) atoms. The Kier molecular flexibility index (Phi) is 3.73. The maximum Gasteiger partial charge on any atom is 0.256 e. The van der Waals surface area contributed by atoms with E-state index in [1.165, 1.54) is 6.07 Å². The number of rotatable bonds is 3. The Bertz CT molecular complexity index is 748. The molecule has 1 aliphatic rings. The molecule has 0 bridgehead atoms. The van der Waals surface area contributed by atoms with Crippen molar-refractivity contribution in [3.05, 3.63) is 53.6 Å². The minimum atomic E-state index is -0.709. The average Bonchev–Trinajstić information content (AvgIpc) is 2.76. The molecule has 1 fully saturated rings. The van der Waals surface area contributed by atoms with E-state index < -0.39 is 6.04 Å². The smallest absolute Gasteiger partial charge is 0.256 e. The summed E-state index contributed by atoms with van der Waals surface area (Å²) < 4.78 is 0. The minimum Gasteiger partial charge on any atom is -0.506 e. The molecule has 1 atom stereocenters. The van der Waals surface area contributed by atoms with E-state index in [-0.39, 0.29) is 24.0 Å². The number of nitrogens with one attached hydrogen (secondary N) is 1. The van der Waals surface area contributed by atoms with Gasteiger partial charge in [-0.2, -0.15) is 0 Å². The highest BCUT2D eigenvalue weighted by molar-refractivity contribution is 6.31. The summed E-state index contributed by atoms with van der Waals surface area (Å²) in [4.78, 5) is 25.7. The Morgan fingerprint density at radius 3 is 2.64 bits per heavy atom. The SMILES string of the molecule is O=C1CC(Nc2ccccc2O)C(=O)N1c1cccc(Cl)c1. The fourth-order valence-corrected chi connectivity index (χ4v) is 2.60. The number of halogens is 1. The molecule has 0 spiro atoms. The van der Waals surface area contributed by atoms with Crippen LogP contribution in [0.15, 0.2) is 48.5 Å². The number of phenols is 1. The molecule has 1 saturated heterocycles. The zero-order valence-corrected chi connectivity index (χ0v) is 12.2. The zero-order chi connectivity index (χ0) is 15.7. The van der Waals surface area contributed by atoms with E-state index in [1.54, 1.807) is 42.5 Å². The van der Waals surface area contributed by atoms with Gasteiger partial charge in [-0.05, 0) is 30.3 Å². The molecule has 2 amide bonds. The molecule has 1 heterocycles. The second-order valence-corrected chi connectivity index (χ2v) is 5.40. The summed E-state index contributed by atoms with van der Waals surface area (Å²) in [5.74, 6) is -0.639. The Morgan fingerprint density at radius 2 is 1.91 bits per heavy atom. The standard InChI is InChI=1S/C16H13ClN2O3/c17-10-4-3-5-11(8-10)19-15(21)9-13(16(19)22)18-12-6-1-2-7-14(12)20/h1-8,13,18,20H,9H2. The molecule has 0 aromatic heterocycles. The molecule has 1 unspecified atom stereocenters. The largest absolute Gasteiger partial charge is 0.506 e. The predicted octanol–water partition coefficient (Wildman–Crippen LogP) is 2.79. The van der Waals surface area contributed by atoms with Crippen molar-refractivity contribution in [1.29, 1.82) is 0 Å². The van der Waals surface area contributed by atoms with E-state index in [0.29, 0.717) is 16.4 Å². The summed E-state index contributed by atoms with van der Waals surface area (Å²) in [6.07, 6.45) is 0.0275. The van der Waals surface area contributed by atoms with E-state index >= 15 is 0 Å². The highest BCUT2D eigenvalue weighted by Gasteiger charge is 2.39. The van der Waals surface area contributed by atoms with Gasteiger partial charge in [-0.1, -0.05) is 29.8 Å². The van der Waals surface area contributed by atoms with Crippen LogP contribution in [0, 0.1) is 0 Å². The van der Waals surface area contributed by atoms with E-state index in [0.717, 1.165) is 4.90 Å². The molecule has 112 valence electrons. The van der Waals surface area contributed by atoms with Crippen molar-refractivity contribution in [2.24, 2.45) is 0 Å². The van der Waals surface area contributed by atoms with E-state index in [1.807, 2.05) is 0 Å². The topological polar surface area (TPSA) is 69.6 Å². The van der Waals surface area contributed by atoms with Gasteiger partial charge in [0.05, 0.1) is 17.8 Å². The molecule has 2 N–H and O–H groups in total. The van der Waals surface area contributed by atoms with Crippen LogP contribution >= 0.6 is 11.6 Å². The molecule has 6 heteroatoms. The fraction of sp³-hybridized carbons (Fsp3) is 0.125. The predicted molar refractivity (Wildman–Crippen MR) is 84.1 cm³/mol. The molecule has 0 radical (unpaired) electrons. The normalized spacial score (nSPS) is 17.9. The fourth-order valence-electron chi connectivity index (χ4n) is 2.41. The number of amides is 2. The summed E-state index contributed by atoms with van der Waals surface area (Å²) in [7, 11) is 0. The number of imide groups is 1. The van der Waals surface area contributed by atoms with E-state index in [9.17, 15) is 14.7 Å². The number of anilines is 2. The maximum atomic E-state index is 12.5. The lowest BCUT2D eigenvalue weighted by Gasteiger charge is -2.16. The third-order valence-electron chi connectivity index (χ3n) is 3.45. The summed E-state index contributed by atoms with van der Waals surface area (Å²) in [5, 5.41) is 13.1. The number of carbonyl (C=O) groups excluding carboxylic acids is 2. The quantitative estimate of drug-likeness (QED) is 0.675. The first-order valence-electron chi connectivity index (χ1n) is 6.73. The number of nitrogens with zero attached hydrogens (tertiary/aromatic N) is 1. The van der Waals surface area contributed by atoms with Gasteiger partial charge in [0.15, 0.2) is 0 Å². The van der Waals surface area contributed by atoms with Gasteiger partial charge in [0.1, 0.15) is 11.8 Å². The number of aromatic hydroxyl groups is 1. The van der Waals surface area contributed by atoms with Gasteiger partial charge in [-0.15, -0.1) is 0 Å². The Hall–Kier alpha value is -2.53. The van der Waals surface area contributed by atoms with Crippen LogP contribution in [0.3, 0.4) is 0 Å². The number of phenolic OH excluding ortho intramolecular Hbond substituents is 1. The van der Waals surface area contributed by atoms with Crippen LogP contribution in [-0.4, -0.2) is 23.0 Å². The van der Waals surface area contributed by atoms with Gasteiger partial charge in [0.2, 0.25) is 5.91 Å². The number of carbonyl (C=O) groups is 2. The third kappa shape index (κ3) is 2.63. The summed E-state index contributed by atoms with van der Waals surface area (Å²) in [6.45, 7) is 0. The van der Waals surface area contributed by atoms with Crippen LogP contribution in [0.5, 0.6) is 5.75 Å². The number of benzene rings is 2. The van der Waals surface area contributed by atoms with Crippen LogP contribution in [0.25, 0.3) is 0 Å². The number of hydrogen-bond donors (Lipinski definition) is 2. The zero-order valence-electron chi connectivity index (χ0n) is 11.5. The van der Waals surface area contributed by atoms with Crippen molar-refractivity contribution in [3.8, 4) is 5.75 Å². The molecule has 1 aliphatic heterocycles. The molecular weight excluding hydrogens is 304 g/mol. The van der Waals surface area contributed by atoms with Crippen molar-refractivity contribution < 1.29 is 14.7 Å². The van der Waals surface area contributed by atoms with Crippen LogP contribution < -0.4 is 10.2 Å². The van der Waals surface area contributed by atoms with E-state index in [4.69, 9.17) is 11.6 Å². The van der Waals surface area contributed by atoms with Crippen LogP contribution in [0.4, 0.5) is 11.4 Å². The lowest BCUT2D eigenvalue weighted by Crippen LogP contribution is -2.34. The lowest BCUT2D eigenvalue weighted by atomic mass is 10.2. The maximum absolute atomic E-state index is 12.5. The number of para-hydroxylation sites is 2. The van der Waals surface area contributed by atoms with Crippen LogP contribution in [0.2, 0.25) is 5.02 Å². The molecule has 2 aromatic rings. The van der Waals surface area contributed by atoms with Gasteiger partial charge in [0.25, 0.3) is 5.91 Å². The first-order valence-corrected chi connectivity index (χ1v) is 7.11. The number of hydrogen-bond acceptors (Lipinski definition) is 4. The third-order valence-corrected chi connectivity index (χ3v) is 3.68. The van der Waals surface area contributed by atoms with Crippen molar-refractivity contribution in [2.45, 2.75) is 12.5 Å². The first kappa shape index (κ1) is 14.4. The van der Waals surface area contributed by atoms with Crippen LogP contribution in [0.1, 0.15) is 6.42 Å². The highest BCUT2D eigenvalue weighted by atomic mass is 35.5. The Labute approximate surface area is 132 Å². The summed E-state index contributed by atoms with van der Waals surface area (Å²) in [6, 6.07) is 12.4. The van der Waals surface area contributed by atoms with Gasteiger partial charge in [-0.25, -0.2) is 4.90 Å². The molecule has 3 rings (SSSR count). The van der Waals surface area contributed by atoms with Crippen LogP contribution in [-0.2, 0) is 9.59 Å². The van der Waals surface area contributed by atoms with Gasteiger partial charge in [0, 0.05) is 5.02 Å². The Balaban J connectivity index is 1.84. The van der Waals surface area contributed by atoms with Crippen molar-refractivity contribution in [1.82, 2.24) is 0 Å². The molecule has 0 saturated carbocycles. The first-order chi connectivity index (χ1) is 10.6. The minimum absolute atomic E-state index is 0.0275. The lowest BCUT2D eigenvalue weighted by molar-refractivity contribution is -0.121. The molecule has 0 aliphatic carbocycles. The van der Waals surface area contributed by atoms with Crippen molar-refractivity contribution >= 4 is 34.8 Å². The monoisotopic (exact) mass is 316 g/mol.